The van der Waals surface area contributed by atoms with E-state index in [0.717, 1.165) is 29.6 Å². The van der Waals surface area contributed by atoms with Crippen molar-refractivity contribution >= 4 is 15.9 Å². The molecule has 1 aromatic rings. The third kappa shape index (κ3) is 4.54. The Morgan fingerprint density at radius 2 is 2.00 bits per heavy atom. The number of benzene rings is 1. The van der Waals surface area contributed by atoms with Gasteiger partial charge in [-0.3, -0.25) is 0 Å². The molecule has 21 heavy (non-hydrogen) atoms. The lowest BCUT2D eigenvalue weighted by molar-refractivity contribution is -0.0891. The minimum Gasteiger partial charge on any atom is -0.369 e. The Morgan fingerprint density at radius 3 is 2.67 bits per heavy atom. The van der Waals surface area contributed by atoms with Gasteiger partial charge in [0.15, 0.2) is 0 Å². The first-order valence-electron chi connectivity index (χ1n) is 8.27. The summed E-state index contributed by atoms with van der Waals surface area (Å²) < 4.78 is 7.59. The molecule has 3 heteroatoms. The third-order valence-corrected chi connectivity index (χ3v) is 5.33. The van der Waals surface area contributed by atoms with Gasteiger partial charge in [0.2, 0.25) is 0 Å². The summed E-state index contributed by atoms with van der Waals surface area (Å²) in [4.78, 5) is 0. The highest BCUT2D eigenvalue weighted by molar-refractivity contribution is 9.10. The maximum absolute atomic E-state index is 6.47. The van der Waals surface area contributed by atoms with Crippen molar-refractivity contribution in [2.24, 2.45) is 5.92 Å². The molecule has 2 atom stereocenters. The predicted molar refractivity (Wildman–Crippen MR) is 90.3 cm³/mol. The summed E-state index contributed by atoms with van der Waals surface area (Å²) in [5, 5.41) is 3.70. The summed E-state index contributed by atoms with van der Waals surface area (Å²) in [6, 6.07) is 9.25. The van der Waals surface area contributed by atoms with Gasteiger partial charge in [-0.05, 0) is 49.3 Å². The molecule has 2 aliphatic rings. The molecule has 0 aliphatic heterocycles. The first-order valence-corrected chi connectivity index (χ1v) is 9.06. The van der Waals surface area contributed by atoms with Crippen LogP contribution in [0, 0.1) is 5.92 Å². The van der Waals surface area contributed by atoms with Gasteiger partial charge in [0, 0.05) is 17.1 Å². The summed E-state index contributed by atoms with van der Waals surface area (Å²) in [5.74, 6) is 0.782. The first-order chi connectivity index (χ1) is 10.2. The molecular weight excluding hydrogens is 326 g/mol. The van der Waals surface area contributed by atoms with E-state index >= 15 is 0 Å². The second-order valence-electron chi connectivity index (χ2n) is 6.95. The minimum atomic E-state index is 0.0489. The van der Waals surface area contributed by atoms with Crippen molar-refractivity contribution in [3.8, 4) is 0 Å². The van der Waals surface area contributed by atoms with Gasteiger partial charge in [-0.1, -0.05) is 47.8 Å². The van der Waals surface area contributed by atoms with Gasteiger partial charge in [0.05, 0.1) is 12.2 Å². The highest BCUT2D eigenvalue weighted by atomic mass is 79.9. The molecule has 0 aromatic heterocycles. The zero-order valence-electron chi connectivity index (χ0n) is 12.9. The number of rotatable bonds is 6. The van der Waals surface area contributed by atoms with Gasteiger partial charge in [-0.15, -0.1) is 0 Å². The number of ether oxygens (including phenoxy) is 1. The van der Waals surface area contributed by atoms with Gasteiger partial charge in [-0.25, -0.2) is 0 Å². The van der Waals surface area contributed by atoms with Gasteiger partial charge < -0.3 is 10.1 Å². The van der Waals surface area contributed by atoms with E-state index in [9.17, 15) is 0 Å². The van der Waals surface area contributed by atoms with E-state index in [2.05, 4.69) is 52.4 Å². The third-order valence-electron chi connectivity index (χ3n) is 4.80. The molecule has 2 aliphatic carbocycles. The highest BCUT2D eigenvalue weighted by Crippen LogP contribution is 2.36. The smallest absolute Gasteiger partial charge is 0.0813 e. The largest absolute Gasteiger partial charge is 0.369 e. The SMILES string of the molecule is CC1CCCC(CNC2CC2)(OCc2ccc(Br)cc2)C1. The zero-order valence-corrected chi connectivity index (χ0v) is 14.5. The van der Waals surface area contributed by atoms with Crippen LogP contribution in [0.2, 0.25) is 0 Å². The Kier molecular flexibility index (Phi) is 5.03. The van der Waals surface area contributed by atoms with Crippen LogP contribution in [-0.4, -0.2) is 18.2 Å². The van der Waals surface area contributed by atoms with Crippen molar-refractivity contribution < 1.29 is 4.74 Å². The predicted octanol–water partition coefficient (Wildman–Crippen LogP) is 4.67. The van der Waals surface area contributed by atoms with E-state index in [-0.39, 0.29) is 5.60 Å². The van der Waals surface area contributed by atoms with Crippen molar-refractivity contribution in [1.29, 1.82) is 0 Å². The zero-order chi connectivity index (χ0) is 14.7. The molecule has 0 radical (unpaired) electrons. The Bertz CT molecular complexity index is 457. The van der Waals surface area contributed by atoms with Crippen LogP contribution in [0.1, 0.15) is 51.0 Å². The lowest BCUT2D eigenvalue weighted by atomic mass is 9.78. The molecule has 2 nitrogen and oxygen atoms in total. The van der Waals surface area contributed by atoms with E-state index in [1.54, 1.807) is 0 Å². The van der Waals surface area contributed by atoms with E-state index in [0.29, 0.717) is 0 Å². The molecule has 0 saturated heterocycles. The molecule has 2 unspecified atom stereocenters. The van der Waals surface area contributed by atoms with E-state index < -0.39 is 0 Å². The number of nitrogens with one attached hydrogen (secondary N) is 1. The van der Waals surface area contributed by atoms with Crippen LogP contribution in [0.3, 0.4) is 0 Å². The molecule has 1 N–H and O–H groups in total. The van der Waals surface area contributed by atoms with E-state index in [1.807, 2.05) is 0 Å². The summed E-state index contributed by atoms with van der Waals surface area (Å²) >= 11 is 3.49. The molecule has 3 rings (SSSR count). The lowest BCUT2D eigenvalue weighted by Gasteiger charge is -2.40. The van der Waals surface area contributed by atoms with Crippen LogP contribution in [0.5, 0.6) is 0 Å². The van der Waals surface area contributed by atoms with Crippen molar-refractivity contribution in [2.45, 2.75) is 63.7 Å². The highest BCUT2D eigenvalue weighted by Gasteiger charge is 2.37. The van der Waals surface area contributed by atoms with E-state index in [4.69, 9.17) is 4.74 Å². The number of halogens is 1. The molecule has 0 amide bonds. The van der Waals surface area contributed by atoms with Crippen LogP contribution in [0.15, 0.2) is 28.7 Å². The van der Waals surface area contributed by atoms with Crippen LogP contribution in [0.25, 0.3) is 0 Å². The summed E-state index contributed by atoms with van der Waals surface area (Å²) in [6.07, 6.45) is 7.74. The molecule has 2 saturated carbocycles. The van der Waals surface area contributed by atoms with Crippen molar-refractivity contribution in [2.75, 3.05) is 6.54 Å². The molecule has 2 fully saturated rings. The monoisotopic (exact) mass is 351 g/mol. The minimum absolute atomic E-state index is 0.0489. The topological polar surface area (TPSA) is 21.3 Å². The average Bonchev–Trinajstić information content (AvgIpc) is 3.29. The van der Waals surface area contributed by atoms with E-state index in [1.165, 1.54) is 44.1 Å². The Morgan fingerprint density at radius 1 is 1.24 bits per heavy atom. The maximum Gasteiger partial charge on any atom is 0.0813 e. The van der Waals surface area contributed by atoms with Crippen molar-refractivity contribution in [3.05, 3.63) is 34.3 Å². The van der Waals surface area contributed by atoms with Gasteiger partial charge >= 0.3 is 0 Å². The average molecular weight is 352 g/mol. The van der Waals surface area contributed by atoms with Crippen LogP contribution in [0.4, 0.5) is 0 Å². The van der Waals surface area contributed by atoms with Crippen LogP contribution >= 0.6 is 15.9 Å². The van der Waals surface area contributed by atoms with Crippen LogP contribution < -0.4 is 5.32 Å². The van der Waals surface area contributed by atoms with Gasteiger partial charge in [0.25, 0.3) is 0 Å². The second-order valence-corrected chi connectivity index (χ2v) is 7.87. The van der Waals surface area contributed by atoms with Crippen LogP contribution in [-0.2, 0) is 11.3 Å². The Hall–Kier alpha value is -0.380. The molecule has 0 bridgehead atoms. The molecule has 0 heterocycles. The quantitative estimate of drug-likeness (QED) is 0.804. The molecule has 1 aromatic carbocycles. The lowest BCUT2D eigenvalue weighted by Crippen LogP contribution is -2.46. The second kappa shape index (κ2) is 6.80. The molecular formula is C18H26BrNO. The van der Waals surface area contributed by atoms with Gasteiger partial charge in [-0.2, -0.15) is 0 Å². The summed E-state index contributed by atoms with van der Waals surface area (Å²) in [5.41, 5.74) is 1.31. The molecule has 0 spiro atoms. The fourth-order valence-corrected chi connectivity index (χ4v) is 3.65. The van der Waals surface area contributed by atoms with Gasteiger partial charge in [0.1, 0.15) is 0 Å². The molecule has 116 valence electrons. The number of hydrogen-bond donors (Lipinski definition) is 1. The first kappa shape index (κ1) is 15.5. The Balaban J connectivity index is 1.61. The summed E-state index contributed by atoms with van der Waals surface area (Å²) in [6.45, 7) is 4.12. The maximum atomic E-state index is 6.47. The Labute approximate surface area is 136 Å². The normalized spacial score (nSPS) is 29.5. The fraction of sp³-hybridized carbons (Fsp3) is 0.667. The number of hydrogen-bond acceptors (Lipinski definition) is 2. The standard InChI is InChI=1S/C18H26BrNO/c1-14-3-2-10-18(11-14,13-20-17-8-9-17)21-12-15-4-6-16(19)7-5-15/h4-7,14,17,20H,2-3,8-13H2,1H3. The van der Waals surface area contributed by atoms with Crippen molar-refractivity contribution in [1.82, 2.24) is 5.32 Å². The summed E-state index contributed by atoms with van der Waals surface area (Å²) in [7, 11) is 0. The van der Waals surface area contributed by atoms with Crippen molar-refractivity contribution in [3.63, 3.8) is 0 Å². The fourth-order valence-electron chi connectivity index (χ4n) is 3.39.